The van der Waals surface area contributed by atoms with Gasteiger partial charge in [-0.05, 0) is 60.4 Å². The van der Waals surface area contributed by atoms with Crippen LogP contribution in [0.4, 0.5) is 0 Å². The Morgan fingerprint density at radius 1 is 1.29 bits per heavy atom. The van der Waals surface area contributed by atoms with E-state index in [4.69, 9.17) is 0 Å². The van der Waals surface area contributed by atoms with Gasteiger partial charge in [-0.2, -0.15) is 5.10 Å². The number of carbonyl (C=O) groups excluding carboxylic acids is 1. The molecule has 6 heteroatoms. The lowest BCUT2D eigenvalue weighted by atomic mass is 10.1. The first-order chi connectivity index (χ1) is 11.7. The number of hydrogen-bond acceptors (Lipinski definition) is 4. The lowest BCUT2D eigenvalue weighted by Gasteiger charge is -2.15. The van der Waals surface area contributed by atoms with Gasteiger partial charge in [-0.1, -0.05) is 12.1 Å². The largest absolute Gasteiger partial charge is 0.345 e. The van der Waals surface area contributed by atoms with Crippen LogP contribution in [0.15, 0.2) is 48.4 Å². The standard InChI is InChI=1S/C18H18N4OS/c1-12(13-4-6-15(7-5-13)22-11-19-10-20-22)21-18(23)17-16(8-9-24-17)14-2-3-14/h4-12,14H,2-3H2,1H3,(H,21,23)/t12-/m0/s1. The van der Waals surface area contributed by atoms with Crippen LogP contribution in [-0.4, -0.2) is 20.7 Å². The summed E-state index contributed by atoms with van der Waals surface area (Å²) >= 11 is 1.53. The molecule has 4 rings (SSSR count). The first-order valence-corrected chi connectivity index (χ1v) is 8.93. The van der Waals surface area contributed by atoms with Crippen LogP contribution in [0, 0.1) is 0 Å². The highest BCUT2D eigenvalue weighted by Crippen LogP contribution is 2.43. The molecular weight excluding hydrogens is 320 g/mol. The van der Waals surface area contributed by atoms with Crippen molar-refractivity contribution >= 4 is 17.2 Å². The van der Waals surface area contributed by atoms with Gasteiger partial charge in [0.1, 0.15) is 12.7 Å². The molecule has 0 unspecified atom stereocenters. The second-order valence-corrected chi connectivity index (χ2v) is 7.02. The molecule has 1 aromatic carbocycles. The van der Waals surface area contributed by atoms with Crippen molar-refractivity contribution in [2.24, 2.45) is 0 Å². The summed E-state index contributed by atoms with van der Waals surface area (Å²) in [4.78, 5) is 17.4. The van der Waals surface area contributed by atoms with E-state index in [1.807, 2.05) is 36.6 Å². The zero-order chi connectivity index (χ0) is 16.5. The monoisotopic (exact) mass is 338 g/mol. The number of hydrogen-bond donors (Lipinski definition) is 1. The number of aromatic nitrogens is 3. The fourth-order valence-electron chi connectivity index (χ4n) is 2.82. The van der Waals surface area contributed by atoms with E-state index in [1.54, 1.807) is 11.0 Å². The van der Waals surface area contributed by atoms with Gasteiger partial charge >= 0.3 is 0 Å². The molecule has 1 aliphatic rings. The molecule has 24 heavy (non-hydrogen) atoms. The highest BCUT2D eigenvalue weighted by molar-refractivity contribution is 7.12. The molecular formula is C18H18N4OS. The van der Waals surface area contributed by atoms with E-state index in [2.05, 4.69) is 21.5 Å². The van der Waals surface area contributed by atoms with Crippen molar-refractivity contribution in [3.8, 4) is 5.69 Å². The zero-order valence-corrected chi connectivity index (χ0v) is 14.2. The van der Waals surface area contributed by atoms with E-state index >= 15 is 0 Å². The van der Waals surface area contributed by atoms with E-state index in [9.17, 15) is 4.79 Å². The molecule has 2 aromatic heterocycles. The van der Waals surface area contributed by atoms with Gasteiger partial charge in [0.25, 0.3) is 5.91 Å². The number of nitrogens with zero attached hydrogens (tertiary/aromatic N) is 3. The quantitative estimate of drug-likeness (QED) is 0.772. The Hall–Kier alpha value is -2.47. The van der Waals surface area contributed by atoms with Crippen molar-refractivity contribution in [1.82, 2.24) is 20.1 Å². The van der Waals surface area contributed by atoms with Crippen molar-refractivity contribution in [3.63, 3.8) is 0 Å². The highest BCUT2D eigenvalue weighted by atomic mass is 32.1. The Labute approximate surface area is 144 Å². The molecule has 2 heterocycles. The van der Waals surface area contributed by atoms with Crippen LogP contribution >= 0.6 is 11.3 Å². The van der Waals surface area contributed by atoms with Gasteiger partial charge in [0.2, 0.25) is 0 Å². The second-order valence-electron chi connectivity index (χ2n) is 6.11. The number of benzene rings is 1. The molecule has 1 fully saturated rings. The van der Waals surface area contributed by atoms with Gasteiger partial charge < -0.3 is 5.32 Å². The van der Waals surface area contributed by atoms with Crippen molar-refractivity contribution in [2.75, 3.05) is 0 Å². The first-order valence-electron chi connectivity index (χ1n) is 8.05. The molecule has 5 nitrogen and oxygen atoms in total. The SMILES string of the molecule is C[C@H](NC(=O)c1sccc1C1CC1)c1ccc(-n2cncn2)cc1. The summed E-state index contributed by atoms with van der Waals surface area (Å²) in [5.74, 6) is 0.619. The van der Waals surface area contributed by atoms with Crippen molar-refractivity contribution in [2.45, 2.75) is 31.7 Å². The topological polar surface area (TPSA) is 59.8 Å². The molecule has 0 spiro atoms. The van der Waals surface area contributed by atoms with E-state index in [0.717, 1.165) is 16.1 Å². The summed E-state index contributed by atoms with van der Waals surface area (Å²) in [6.07, 6.45) is 5.58. The Balaban J connectivity index is 1.46. The summed E-state index contributed by atoms with van der Waals surface area (Å²) in [6.45, 7) is 2.01. The van der Waals surface area contributed by atoms with Gasteiger partial charge in [-0.25, -0.2) is 9.67 Å². The van der Waals surface area contributed by atoms with Gasteiger partial charge in [0.05, 0.1) is 16.6 Å². The van der Waals surface area contributed by atoms with Crippen LogP contribution < -0.4 is 5.32 Å². The Bertz CT molecular complexity index is 834. The maximum absolute atomic E-state index is 12.6. The molecule has 1 amide bonds. The molecule has 0 aliphatic heterocycles. The Kier molecular flexibility index (Phi) is 3.90. The minimum atomic E-state index is -0.0450. The maximum Gasteiger partial charge on any atom is 0.262 e. The van der Waals surface area contributed by atoms with Crippen LogP contribution in [0.25, 0.3) is 5.69 Å². The van der Waals surface area contributed by atoms with E-state index in [0.29, 0.717) is 5.92 Å². The first kappa shape index (κ1) is 15.1. The normalized spacial score (nSPS) is 15.2. The Morgan fingerprint density at radius 3 is 2.75 bits per heavy atom. The molecule has 0 radical (unpaired) electrons. The molecule has 122 valence electrons. The van der Waals surface area contributed by atoms with Crippen LogP contribution in [0.2, 0.25) is 0 Å². The van der Waals surface area contributed by atoms with Crippen molar-refractivity contribution in [1.29, 1.82) is 0 Å². The van der Waals surface area contributed by atoms with Crippen LogP contribution in [0.1, 0.15) is 52.5 Å². The van der Waals surface area contributed by atoms with E-state index in [1.165, 1.54) is 36.1 Å². The molecule has 1 saturated carbocycles. The summed E-state index contributed by atoms with van der Waals surface area (Å²) in [6, 6.07) is 10.0. The van der Waals surface area contributed by atoms with Gasteiger partial charge in [-0.3, -0.25) is 4.79 Å². The number of thiophene rings is 1. The summed E-state index contributed by atoms with van der Waals surface area (Å²) in [7, 11) is 0. The molecule has 3 aromatic rings. The summed E-state index contributed by atoms with van der Waals surface area (Å²) < 4.78 is 1.71. The van der Waals surface area contributed by atoms with Gasteiger partial charge in [-0.15, -0.1) is 11.3 Å². The summed E-state index contributed by atoms with van der Waals surface area (Å²) in [5.41, 5.74) is 3.23. The number of amides is 1. The highest BCUT2D eigenvalue weighted by Gasteiger charge is 2.29. The number of rotatable bonds is 5. The van der Waals surface area contributed by atoms with Gasteiger partial charge in [0.15, 0.2) is 0 Å². The van der Waals surface area contributed by atoms with Crippen molar-refractivity contribution in [3.05, 3.63) is 64.4 Å². The lowest BCUT2D eigenvalue weighted by molar-refractivity contribution is 0.0943. The number of carbonyl (C=O) groups is 1. The van der Waals surface area contributed by atoms with E-state index < -0.39 is 0 Å². The third-order valence-electron chi connectivity index (χ3n) is 4.34. The predicted octanol–water partition coefficient (Wildman–Crippen LogP) is 3.70. The van der Waals surface area contributed by atoms with Crippen LogP contribution in [0.3, 0.4) is 0 Å². The average Bonchev–Trinajstić information content (AvgIpc) is 3.11. The maximum atomic E-state index is 12.6. The minimum absolute atomic E-state index is 0.0275. The molecule has 1 aliphatic carbocycles. The number of nitrogens with one attached hydrogen (secondary N) is 1. The molecule has 0 saturated heterocycles. The van der Waals surface area contributed by atoms with Crippen molar-refractivity contribution < 1.29 is 4.79 Å². The Morgan fingerprint density at radius 2 is 2.08 bits per heavy atom. The summed E-state index contributed by atoms with van der Waals surface area (Å²) in [5, 5.41) is 9.24. The third-order valence-corrected chi connectivity index (χ3v) is 5.27. The molecule has 1 atom stereocenters. The predicted molar refractivity (Wildman–Crippen MR) is 93.5 cm³/mol. The van der Waals surface area contributed by atoms with E-state index in [-0.39, 0.29) is 11.9 Å². The fraction of sp³-hybridized carbons (Fsp3) is 0.278. The molecule has 0 bridgehead atoms. The molecule has 1 N–H and O–H groups in total. The van der Waals surface area contributed by atoms with Gasteiger partial charge in [0, 0.05) is 0 Å². The lowest BCUT2D eigenvalue weighted by Crippen LogP contribution is -2.26. The third kappa shape index (κ3) is 2.97. The fourth-order valence-corrected chi connectivity index (χ4v) is 3.71. The minimum Gasteiger partial charge on any atom is -0.345 e. The zero-order valence-electron chi connectivity index (χ0n) is 13.3. The van der Waals surface area contributed by atoms with Crippen LogP contribution in [-0.2, 0) is 0 Å². The smallest absolute Gasteiger partial charge is 0.262 e. The average molecular weight is 338 g/mol. The van der Waals surface area contributed by atoms with Crippen LogP contribution in [0.5, 0.6) is 0 Å². The second kappa shape index (κ2) is 6.20.